The average Bonchev–Trinajstić information content (AvgIpc) is 2.79. The van der Waals surface area contributed by atoms with Gasteiger partial charge in [0, 0.05) is 22.0 Å². The number of hydrogen-bond acceptors (Lipinski definition) is 1. The maximum atomic E-state index is 14.1. The lowest BCUT2D eigenvalue weighted by molar-refractivity contribution is -0.179. The predicted molar refractivity (Wildman–Crippen MR) is 137 cm³/mol. The van der Waals surface area contributed by atoms with Crippen LogP contribution in [0.5, 0.6) is 0 Å². The Hall–Kier alpha value is -1.98. The number of piperidine rings is 1. The molecular formula is C28H32Cl2F3NO. The van der Waals surface area contributed by atoms with Crippen LogP contribution in [-0.2, 0) is 4.79 Å². The van der Waals surface area contributed by atoms with Crippen molar-refractivity contribution in [3.63, 3.8) is 0 Å². The Morgan fingerprint density at radius 1 is 1.14 bits per heavy atom. The summed E-state index contributed by atoms with van der Waals surface area (Å²) in [5.74, 6) is -1.85. The molecule has 0 aromatic heterocycles. The van der Waals surface area contributed by atoms with Crippen LogP contribution in [0.25, 0.3) is 0 Å². The number of likely N-dealkylation sites (tertiary alicyclic amines) is 1. The molecule has 1 unspecified atom stereocenters. The normalized spacial score (nSPS) is 24.8. The Balaban J connectivity index is 2.21. The van der Waals surface area contributed by atoms with Crippen molar-refractivity contribution in [1.82, 2.24) is 4.90 Å². The minimum atomic E-state index is -4.33. The molecule has 2 aromatic rings. The molecule has 0 N–H and O–H groups in total. The number of nitrogens with zero attached hydrogens (tertiary/aromatic N) is 1. The van der Waals surface area contributed by atoms with Crippen molar-refractivity contribution >= 4 is 29.1 Å². The minimum absolute atomic E-state index is 0.142. The molecule has 1 aliphatic rings. The largest absolute Gasteiger partial charge is 0.391 e. The summed E-state index contributed by atoms with van der Waals surface area (Å²) in [6, 6.07) is 13.7. The lowest BCUT2D eigenvalue weighted by Gasteiger charge is -2.52. The third-order valence-electron chi connectivity index (χ3n) is 7.23. The van der Waals surface area contributed by atoms with Crippen molar-refractivity contribution in [3.8, 4) is 0 Å². The molecule has 1 fully saturated rings. The molecule has 0 bridgehead atoms. The van der Waals surface area contributed by atoms with Crippen LogP contribution in [0.4, 0.5) is 13.2 Å². The quantitative estimate of drug-likeness (QED) is 0.315. The molecule has 3 rings (SSSR count). The molecule has 35 heavy (non-hydrogen) atoms. The van der Waals surface area contributed by atoms with Gasteiger partial charge >= 0.3 is 6.18 Å². The zero-order chi connectivity index (χ0) is 26.0. The van der Waals surface area contributed by atoms with E-state index in [0.717, 1.165) is 11.1 Å². The zero-order valence-electron chi connectivity index (χ0n) is 20.3. The van der Waals surface area contributed by atoms with Crippen LogP contribution >= 0.6 is 23.2 Å². The Kier molecular flexibility index (Phi) is 8.64. The number of benzene rings is 2. The van der Waals surface area contributed by atoms with Crippen molar-refractivity contribution in [2.75, 3.05) is 0 Å². The van der Waals surface area contributed by atoms with E-state index in [4.69, 9.17) is 23.2 Å². The lowest BCUT2D eigenvalue weighted by atomic mass is 9.66. The molecule has 190 valence electrons. The van der Waals surface area contributed by atoms with Crippen LogP contribution < -0.4 is 0 Å². The molecule has 2 nitrogen and oxygen atoms in total. The average molecular weight is 526 g/mol. The van der Waals surface area contributed by atoms with Gasteiger partial charge in [0.1, 0.15) is 0 Å². The number of allylic oxidation sites excluding steroid dienone is 1. The molecule has 1 aliphatic heterocycles. The standard InChI is InChI=1S/C28H32Cl2F3NO/c1-5-14-27(4)17-24(20-8-7-9-22(30)16-20)25(19-10-12-21(29)13-11-19)34(26(27)35)23(6-2)15-18(3)28(31,32)33/h5,7-13,16,18,23-25H,1,6,14-15,17H2,2-4H3/t18?,23-,24+,25+,27-/m0/s1. The monoisotopic (exact) mass is 525 g/mol. The lowest BCUT2D eigenvalue weighted by Crippen LogP contribution is -2.56. The maximum Gasteiger partial charge on any atom is 0.391 e. The fourth-order valence-corrected chi connectivity index (χ4v) is 5.63. The van der Waals surface area contributed by atoms with Crippen molar-refractivity contribution in [1.29, 1.82) is 0 Å². The van der Waals surface area contributed by atoms with E-state index in [1.165, 1.54) is 6.92 Å². The molecule has 5 atom stereocenters. The summed E-state index contributed by atoms with van der Waals surface area (Å²) in [5.41, 5.74) is 0.988. The Morgan fingerprint density at radius 2 is 1.80 bits per heavy atom. The van der Waals surface area contributed by atoms with Crippen molar-refractivity contribution < 1.29 is 18.0 Å². The first-order valence-electron chi connectivity index (χ1n) is 11.9. The molecular weight excluding hydrogens is 494 g/mol. The first kappa shape index (κ1) is 27.6. The third-order valence-corrected chi connectivity index (χ3v) is 7.72. The van der Waals surface area contributed by atoms with Gasteiger partial charge in [-0.15, -0.1) is 6.58 Å². The number of carbonyl (C=O) groups excluding carboxylic acids is 1. The van der Waals surface area contributed by atoms with Crippen LogP contribution in [0.2, 0.25) is 10.0 Å². The molecule has 2 aromatic carbocycles. The first-order valence-corrected chi connectivity index (χ1v) is 12.7. The number of rotatable bonds is 8. The van der Waals surface area contributed by atoms with E-state index in [1.807, 2.05) is 44.2 Å². The molecule has 1 amide bonds. The van der Waals surface area contributed by atoms with E-state index in [-0.39, 0.29) is 18.2 Å². The molecule has 0 saturated carbocycles. The van der Waals surface area contributed by atoms with E-state index in [1.54, 1.807) is 29.2 Å². The van der Waals surface area contributed by atoms with Gasteiger partial charge in [0.05, 0.1) is 17.4 Å². The van der Waals surface area contributed by atoms with Crippen molar-refractivity contribution in [2.24, 2.45) is 11.3 Å². The number of amides is 1. The van der Waals surface area contributed by atoms with Crippen LogP contribution in [0.15, 0.2) is 61.2 Å². The second kappa shape index (κ2) is 11.0. The second-order valence-corrected chi connectivity index (χ2v) is 10.7. The summed E-state index contributed by atoms with van der Waals surface area (Å²) in [5, 5.41) is 1.12. The van der Waals surface area contributed by atoms with Crippen LogP contribution in [-0.4, -0.2) is 23.0 Å². The minimum Gasteiger partial charge on any atom is -0.332 e. The van der Waals surface area contributed by atoms with E-state index >= 15 is 0 Å². The van der Waals surface area contributed by atoms with Crippen LogP contribution in [0, 0.1) is 11.3 Å². The summed E-state index contributed by atoms with van der Waals surface area (Å²) in [6.45, 7) is 8.76. The first-order chi connectivity index (χ1) is 16.4. The highest BCUT2D eigenvalue weighted by atomic mass is 35.5. The van der Waals surface area contributed by atoms with Crippen molar-refractivity contribution in [3.05, 3.63) is 82.4 Å². The van der Waals surface area contributed by atoms with E-state index in [2.05, 4.69) is 6.58 Å². The van der Waals surface area contributed by atoms with Gasteiger partial charge in [0.2, 0.25) is 5.91 Å². The summed E-state index contributed by atoms with van der Waals surface area (Å²) >= 11 is 12.5. The Morgan fingerprint density at radius 3 is 2.34 bits per heavy atom. The van der Waals surface area contributed by atoms with Gasteiger partial charge in [0.15, 0.2) is 0 Å². The molecule has 1 saturated heterocycles. The van der Waals surface area contributed by atoms with E-state index < -0.39 is 29.6 Å². The third kappa shape index (κ3) is 6.06. The Bertz CT molecular complexity index is 1040. The zero-order valence-corrected chi connectivity index (χ0v) is 21.8. The fourth-order valence-electron chi connectivity index (χ4n) is 5.31. The molecule has 1 heterocycles. The van der Waals surface area contributed by atoms with Crippen LogP contribution in [0.3, 0.4) is 0 Å². The summed E-state index contributed by atoms with van der Waals surface area (Å²) < 4.78 is 40.8. The Labute approximate surface area is 216 Å². The van der Waals surface area contributed by atoms with Gasteiger partial charge < -0.3 is 4.90 Å². The van der Waals surface area contributed by atoms with Gasteiger partial charge in [0.25, 0.3) is 0 Å². The van der Waals surface area contributed by atoms with Gasteiger partial charge in [-0.3, -0.25) is 4.79 Å². The summed E-state index contributed by atoms with van der Waals surface area (Å²) in [7, 11) is 0. The number of halogens is 5. The predicted octanol–water partition coefficient (Wildman–Crippen LogP) is 9.00. The number of carbonyl (C=O) groups is 1. The van der Waals surface area contributed by atoms with E-state index in [9.17, 15) is 18.0 Å². The highest BCUT2D eigenvalue weighted by Gasteiger charge is 2.51. The van der Waals surface area contributed by atoms with Gasteiger partial charge in [-0.2, -0.15) is 13.2 Å². The van der Waals surface area contributed by atoms with Crippen molar-refractivity contribution in [2.45, 2.75) is 70.6 Å². The van der Waals surface area contributed by atoms with E-state index in [0.29, 0.717) is 29.3 Å². The topological polar surface area (TPSA) is 20.3 Å². The smallest absolute Gasteiger partial charge is 0.332 e. The SMILES string of the molecule is C=CC[C@@]1(C)C[C@H](c2cccc(Cl)c2)[C@@H](c2ccc(Cl)cc2)N([C@@H](CC)CC(C)C(F)(F)F)C1=O. The molecule has 0 spiro atoms. The fraction of sp³-hybridized carbons (Fsp3) is 0.464. The van der Waals surface area contributed by atoms with Crippen LogP contribution in [0.1, 0.15) is 69.5 Å². The van der Waals surface area contributed by atoms with Gasteiger partial charge in [-0.1, -0.05) is 74.3 Å². The maximum absolute atomic E-state index is 14.1. The summed E-state index contributed by atoms with van der Waals surface area (Å²) in [4.78, 5) is 15.8. The molecule has 0 aliphatic carbocycles. The highest BCUT2D eigenvalue weighted by Crippen LogP contribution is 2.53. The number of hydrogen-bond donors (Lipinski definition) is 0. The molecule has 0 radical (unpaired) electrons. The number of alkyl halides is 3. The highest BCUT2D eigenvalue weighted by molar-refractivity contribution is 6.30. The summed E-state index contributed by atoms with van der Waals surface area (Å²) in [6.07, 6.45) is -1.43. The molecule has 7 heteroatoms. The van der Waals surface area contributed by atoms with Gasteiger partial charge in [-0.25, -0.2) is 0 Å². The second-order valence-electron chi connectivity index (χ2n) is 9.87. The van der Waals surface area contributed by atoms with Gasteiger partial charge in [-0.05, 0) is 61.1 Å².